The Kier molecular flexibility index (Phi) is 21.9. The number of Topliss-reactive ketones (excluding diaryl/α,β-unsaturated/α-hetero) is 1. The molecule has 13 atom stereocenters. The fourth-order valence-corrected chi connectivity index (χ4v) is 13.7. The summed E-state index contributed by atoms with van der Waals surface area (Å²) in [5.41, 5.74) is 3.81. The molecule has 8 amide bonds. The van der Waals surface area contributed by atoms with Crippen molar-refractivity contribution < 1.29 is 67.4 Å². The first-order valence-electron chi connectivity index (χ1n) is 26.3. The lowest BCUT2D eigenvalue weighted by Gasteiger charge is -2.45. The minimum atomic E-state index is -2.37. The van der Waals surface area contributed by atoms with Crippen LogP contribution in [-0.4, -0.2) is 192 Å². The number of H-pyrrole nitrogens is 1. The zero-order valence-corrected chi connectivity index (χ0v) is 47.1. The smallest absolute Gasteiger partial charge is 0.244 e. The molecule has 28 heteroatoms. The molecule has 6 heterocycles. The SMILES string of the molecule is CC[C@H](C)[C@@H]1NC(=O)CNC(=O)[C@@H]2Cc3c4[nH]c5cc(ccc35)OC(CCCSSC(C)CCNC(C)C)(C(=O)[C@H](CC(N)=O)NC(=O)C(C[S@]4=O)NC(=O)CNC1=O)N1CC(O)C[C@H]1C(=O)N[C@@H]([C@@H](C)[C@@H](O)CO)C(=O)N2. The molecule has 432 valence electrons. The van der Waals surface area contributed by atoms with Crippen LogP contribution in [0.25, 0.3) is 10.9 Å². The summed E-state index contributed by atoms with van der Waals surface area (Å²) in [5, 5.41) is 54.5. The van der Waals surface area contributed by atoms with Crippen LogP contribution >= 0.6 is 21.6 Å². The highest BCUT2D eigenvalue weighted by molar-refractivity contribution is 8.76. The fourth-order valence-electron chi connectivity index (χ4n) is 9.91. The number of nitrogens with one attached hydrogen (secondary N) is 9. The second kappa shape index (κ2) is 27.7. The maximum Gasteiger partial charge on any atom is 0.244 e. The van der Waals surface area contributed by atoms with Crippen molar-refractivity contribution in [1.82, 2.24) is 52.4 Å². The Morgan fingerprint density at radius 1 is 0.910 bits per heavy atom. The first-order valence-corrected chi connectivity index (χ1v) is 30.0. The van der Waals surface area contributed by atoms with Crippen molar-refractivity contribution in [3.05, 3.63) is 23.8 Å². The molecule has 4 unspecified atom stereocenters. The van der Waals surface area contributed by atoms with Gasteiger partial charge in [-0.3, -0.25) is 47.4 Å². The second-order valence-electron chi connectivity index (χ2n) is 20.8. The van der Waals surface area contributed by atoms with E-state index in [0.717, 1.165) is 13.0 Å². The van der Waals surface area contributed by atoms with Gasteiger partial charge in [0.05, 0.1) is 66.4 Å². The number of rotatable bonds is 17. The van der Waals surface area contributed by atoms with Crippen LogP contribution in [0.4, 0.5) is 0 Å². The number of carbonyl (C=O) groups excluding carboxylic acids is 9. The van der Waals surface area contributed by atoms with E-state index in [-0.39, 0.29) is 46.4 Å². The number of aromatic amines is 1. The number of nitrogens with two attached hydrogens (primary N) is 1. The highest BCUT2D eigenvalue weighted by Gasteiger charge is 2.57. The van der Waals surface area contributed by atoms with E-state index in [2.05, 4.69) is 68.3 Å². The lowest BCUT2D eigenvalue weighted by Crippen LogP contribution is -2.68. The van der Waals surface area contributed by atoms with Crippen LogP contribution in [0.3, 0.4) is 0 Å². The number of carbonyl (C=O) groups is 9. The van der Waals surface area contributed by atoms with Gasteiger partial charge in [-0.1, -0.05) is 69.6 Å². The summed E-state index contributed by atoms with van der Waals surface area (Å²) in [6.45, 7) is 8.97. The number of ether oxygens (including phenoxy) is 1. The summed E-state index contributed by atoms with van der Waals surface area (Å²) in [4.78, 5) is 134. The van der Waals surface area contributed by atoms with Gasteiger partial charge in [-0.15, -0.1) is 0 Å². The maximum absolute atomic E-state index is 16.0. The van der Waals surface area contributed by atoms with Gasteiger partial charge in [-0.25, -0.2) is 4.90 Å². The summed E-state index contributed by atoms with van der Waals surface area (Å²) >= 11 is 0. The summed E-state index contributed by atoms with van der Waals surface area (Å²) < 4.78 is 21.9. The minimum absolute atomic E-state index is 0.0114. The van der Waals surface area contributed by atoms with Crippen molar-refractivity contribution >= 4 is 96.3 Å². The first-order chi connectivity index (χ1) is 37.0. The number of hydrogen-bond donors (Lipinski definition) is 13. The number of aromatic nitrogens is 1. The zero-order chi connectivity index (χ0) is 57.2. The summed E-state index contributed by atoms with van der Waals surface area (Å²) in [7, 11) is 0.791. The van der Waals surface area contributed by atoms with Gasteiger partial charge in [-0.05, 0) is 49.4 Å². The average Bonchev–Trinajstić information content (AvgIpc) is 4.06. The predicted octanol–water partition coefficient (Wildman–Crippen LogP) is -2.56. The predicted molar refractivity (Wildman–Crippen MR) is 290 cm³/mol. The zero-order valence-electron chi connectivity index (χ0n) is 44.6. The second-order valence-corrected chi connectivity index (χ2v) is 25.1. The van der Waals surface area contributed by atoms with Crippen LogP contribution in [-0.2, 0) is 60.4 Å². The number of nitrogens with zero attached hydrogens (tertiary/aromatic N) is 1. The number of fused-ring (bicyclic) bond motifs is 7. The fraction of sp³-hybridized carbons (Fsp3) is 0.660. The number of aliphatic hydroxyl groups is 3. The molecule has 0 radical (unpaired) electrons. The van der Waals surface area contributed by atoms with E-state index in [0.29, 0.717) is 23.6 Å². The third kappa shape index (κ3) is 15.3. The Morgan fingerprint density at radius 2 is 1.62 bits per heavy atom. The minimum Gasteiger partial charge on any atom is -0.465 e. The van der Waals surface area contributed by atoms with E-state index < -0.39 is 175 Å². The van der Waals surface area contributed by atoms with Crippen molar-refractivity contribution in [2.45, 2.75) is 157 Å². The monoisotopic (exact) mass is 1150 g/mol. The molecule has 25 nitrogen and oxygen atoms in total. The molecule has 8 bridgehead atoms. The van der Waals surface area contributed by atoms with Crippen LogP contribution in [0.15, 0.2) is 23.2 Å². The molecule has 2 aromatic rings. The van der Waals surface area contributed by atoms with Crippen LogP contribution in [0.1, 0.15) is 85.6 Å². The van der Waals surface area contributed by atoms with E-state index in [1.807, 2.05) is 0 Å². The molecular formula is C50H75N11O14S3. The molecule has 14 N–H and O–H groups in total. The van der Waals surface area contributed by atoms with Gasteiger partial charge in [-0.2, -0.15) is 0 Å². The molecule has 7 rings (SSSR count). The van der Waals surface area contributed by atoms with Gasteiger partial charge < -0.3 is 73.3 Å². The van der Waals surface area contributed by atoms with Crippen LogP contribution < -0.4 is 53.0 Å². The van der Waals surface area contributed by atoms with Crippen molar-refractivity contribution in [2.24, 2.45) is 17.6 Å². The van der Waals surface area contributed by atoms with Gasteiger partial charge >= 0.3 is 0 Å². The van der Waals surface area contributed by atoms with E-state index in [4.69, 9.17) is 10.5 Å². The number of hydrogen-bond acceptors (Lipinski definition) is 18. The number of amides is 8. The highest BCUT2D eigenvalue weighted by Crippen LogP contribution is 2.40. The third-order valence-corrected chi connectivity index (χ3v) is 19.0. The van der Waals surface area contributed by atoms with Crippen LogP contribution in [0.2, 0.25) is 0 Å². The summed E-state index contributed by atoms with van der Waals surface area (Å²) in [5.74, 6) is -10.9. The van der Waals surface area contributed by atoms with Crippen molar-refractivity contribution in [2.75, 3.05) is 44.3 Å². The number of benzene rings is 1. The average molecular weight is 1150 g/mol. The Labute approximate surface area is 462 Å². The van der Waals surface area contributed by atoms with Crippen molar-refractivity contribution in [3.8, 4) is 5.75 Å². The molecule has 1 aromatic heterocycles. The summed E-state index contributed by atoms with van der Waals surface area (Å²) in [6, 6.07) is -5.07. The first kappa shape index (κ1) is 61.8. The lowest BCUT2D eigenvalue weighted by molar-refractivity contribution is -0.166. The molecule has 5 aliphatic heterocycles. The largest absolute Gasteiger partial charge is 0.465 e. The van der Waals surface area contributed by atoms with Crippen molar-refractivity contribution in [1.29, 1.82) is 0 Å². The molecule has 0 saturated carbocycles. The third-order valence-electron chi connectivity index (χ3n) is 14.5. The summed E-state index contributed by atoms with van der Waals surface area (Å²) in [6.07, 6.45) is -3.53. The van der Waals surface area contributed by atoms with Gasteiger partial charge in [0, 0.05) is 53.8 Å². The van der Waals surface area contributed by atoms with Gasteiger partial charge in [0.25, 0.3) is 0 Å². The Balaban J connectivity index is 1.61. The maximum atomic E-state index is 16.0. The van der Waals surface area contributed by atoms with E-state index in [1.54, 1.807) is 30.7 Å². The van der Waals surface area contributed by atoms with E-state index in [9.17, 15) is 53.1 Å². The number of aliphatic hydroxyl groups excluding tert-OH is 3. The highest BCUT2D eigenvalue weighted by atomic mass is 33.1. The standard InChI is InChI=1S/C50H75N11O14S3/c1-7-25(4)41-47(72)54-19-39(66)55-35-23-78(74)49-31-17-34(44(69)53-20-40(67)59-41)57-48(73)42(27(6)37(64)22-62)60-46(71)36-15-28(63)21-61(36)50(43(68)33(18-38(51)65)56-45(35)70,75-29-9-10-30(31)32(16-29)58-49)12-8-14-76-77-26(5)11-13-52-24(2)3/h9-10,16,24-28,33-37,41-42,52,58,62-64H,7-8,11-15,17-23H2,1-6H3,(H2,51,65)(H,53,69)(H,54,72)(H,55,66)(H,56,70)(H,57,73)(H,59,67)(H,60,71)/t25-,26?,27-,28?,33-,34-,35?,36-,37-,41-,42-,50?,78+/m0/s1. The van der Waals surface area contributed by atoms with E-state index >= 15 is 9.59 Å². The quantitative estimate of drug-likeness (QED) is 0.0573. The number of primary amides is 1. The molecule has 1 aromatic carbocycles. The molecule has 0 aliphatic carbocycles. The molecular weight excluding hydrogens is 1070 g/mol. The molecule has 78 heavy (non-hydrogen) atoms. The van der Waals surface area contributed by atoms with Crippen LogP contribution in [0.5, 0.6) is 5.75 Å². The molecule has 1 saturated heterocycles. The van der Waals surface area contributed by atoms with Crippen LogP contribution in [0, 0.1) is 11.8 Å². The Hall–Kier alpha value is -5.36. The van der Waals surface area contributed by atoms with Gasteiger partial charge in [0.15, 0.2) is 0 Å². The molecule has 1 fully saturated rings. The Bertz CT molecular complexity index is 2590. The van der Waals surface area contributed by atoms with E-state index in [1.165, 1.54) is 34.8 Å². The molecule has 0 spiro atoms. The van der Waals surface area contributed by atoms with Gasteiger partial charge in [0.2, 0.25) is 58.8 Å². The topological polar surface area (TPSA) is 382 Å². The Morgan fingerprint density at radius 3 is 2.29 bits per heavy atom. The molecule has 5 aliphatic rings. The van der Waals surface area contributed by atoms with Crippen molar-refractivity contribution in [3.63, 3.8) is 0 Å². The van der Waals surface area contributed by atoms with Gasteiger partial charge in [0.1, 0.15) is 41.0 Å². The lowest BCUT2D eigenvalue weighted by atomic mass is 9.90. The number of ketones is 1. The normalized spacial score (nSPS) is 28.6.